The first-order valence-electron chi connectivity index (χ1n) is 11.7. The van der Waals surface area contributed by atoms with E-state index < -0.39 is 28.0 Å². The van der Waals surface area contributed by atoms with E-state index in [0.29, 0.717) is 30.4 Å². The van der Waals surface area contributed by atoms with E-state index in [9.17, 15) is 22.8 Å². The van der Waals surface area contributed by atoms with E-state index in [4.69, 9.17) is 0 Å². The molecular formula is C24H29N5O5S. The number of amides is 5. The molecule has 2 atom stereocenters. The molecule has 5 amide bonds. The zero-order chi connectivity index (χ0) is 25.0. The fourth-order valence-electron chi connectivity index (χ4n) is 4.50. The van der Waals surface area contributed by atoms with E-state index in [-0.39, 0.29) is 23.7 Å². The number of aromatic nitrogens is 1. The van der Waals surface area contributed by atoms with Gasteiger partial charge in [-0.15, -0.1) is 0 Å². The lowest BCUT2D eigenvalue weighted by molar-refractivity contribution is 0.0817. The van der Waals surface area contributed by atoms with Crippen LogP contribution in [-0.2, 0) is 23.0 Å². The Morgan fingerprint density at radius 3 is 2.57 bits per heavy atom. The van der Waals surface area contributed by atoms with Crippen LogP contribution >= 0.6 is 0 Å². The van der Waals surface area contributed by atoms with Gasteiger partial charge >= 0.3 is 12.1 Å². The second-order valence-corrected chi connectivity index (χ2v) is 10.8. The van der Waals surface area contributed by atoms with Gasteiger partial charge in [-0.1, -0.05) is 31.5 Å². The van der Waals surface area contributed by atoms with Gasteiger partial charge in [-0.05, 0) is 54.9 Å². The van der Waals surface area contributed by atoms with Gasteiger partial charge in [0.1, 0.15) is 5.69 Å². The van der Waals surface area contributed by atoms with Crippen LogP contribution in [0.4, 0.5) is 9.59 Å². The molecule has 35 heavy (non-hydrogen) atoms. The van der Waals surface area contributed by atoms with Crippen molar-refractivity contribution in [2.45, 2.75) is 44.0 Å². The summed E-state index contributed by atoms with van der Waals surface area (Å²) in [6.07, 6.45) is 5.15. The summed E-state index contributed by atoms with van der Waals surface area (Å²) in [4.78, 5) is 41.9. The van der Waals surface area contributed by atoms with Crippen molar-refractivity contribution in [3.05, 3.63) is 59.4 Å². The molecule has 1 fully saturated rings. The molecule has 0 spiro atoms. The second-order valence-electron chi connectivity index (χ2n) is 9.13. The van der Waals surface area contributed by atoms with Crippen LogP contribution in [0, 0.1) is 11.8 Å². The molecule has 1 aromatic heterocycles. The highest BCUT2D eigenvalue weighted by molar-refractivity contribution is 7.90. The van der Waals surface area contributed by atoms with Crippen LogP contribution in [0.2, 0.25) is 0 Å². The molecule has 4 rings (SSSR count). The van der Waals surface area contributed by atoms with Gasteiger partial charge in [0.15, 0.2) is 0 Å². The van der Waals surface area contributed by atoms with Crippen molar-refractivity contribution >= 4 is 28.0 Å². The maximum Gasteiger partial charge on any atom is 0.328 e. The van der Waals surface area contributed by atoms with Crippen LogP contribution in [-0.4, -0.2) is 49.4 Å². The Balaban J connectivity index is 1.23. The van der Waals surface area contributed by atoms with Gasteiger partial charge in [-0.2, -0.15) is 0 Å². The predicted molar refractivity (Wildman–Crippen MR) is 128 cm³/mol. The molecule has 3 N–H and O–H groups in total. The Bertz CT molecular complexity index is 1220. The summed E-state index contributed by atoms with van der Waals surface area (Å²) in [6.45, 7) is 3.08. The number of rotatable bonds is 7. The molecule has 1 aromatic carbocycles. The van der Waals surface area contributed by atoms with Gasteiger partial charge in [-0.3, -0.25) is 14.7 Å². The zero-order valence-electron chi connectivity index (χ0n) is 19.5. The highest BCUT2D eigenvalue weighted by Crippen LogP contribution is 2.29. The van der Waals surface area contributed by atoms with Gasteiger partial charge in [0.05, 0.1) is 11.4 Å². The first kappa shape index (κ1) is 24.6. The number of benzene rings is 1. The lowest BCUT2D eigenvalue weighted by atomic mass is 10.1. The molecule has 1 saturated carbocycles. The van der Waals surface area contributed by atoms with E-state index in [1.54, 1.807) is 24.3 Å². The van der Waals surface area contributed by atoms with Crippen molar-refractivity contribution < 1.29 is 22.8 Å². The van der Waals surface area contributed by atoms with Gasteiger partial charge in [-0.25, -0.2) is 22.7 Å². The average Bonchev–Trinajstić information content (AvgIpc) is 3.40. The fourth-order valence-corrected chi connectivity index (χ4v) is 5.43. The molecule has 0 radical (unpaired) electrons. The van der Waals surface area contributed by atoms with E-state index >= 15 is 0 Å². The maximum absolute atomic E-state index is 12.5. The number of carbonyl (C=O) groups is 3. The normalized spacial score (nSPS) is 19.3. The van der Waals surface area contributed by atoms with Crippen LogP contribution in [0.25, 0.3) is 0 Å². The number of pyridine rings is 1. The Morgan fingerprint density at radius 1 is 1.11 bits per heavy atom. The first-order chi connectivity index (χ1) is 16.7. The number of hydrogen-bond acceptors (Lipinski definition) is 6. The minimum Gasteiger partial charge on any atom is -0.337 e. The minimum atomic E-state index is -3.99. The SMILES string of the molecule is CC1CCC(CNC(=O)NS(=O)(=O)c2ccc(CCNC(=O)N3Cc4cccnc4C3=O)cc2)C1. The third-order valence-electron chi connectivity index (χ3n) is 6.42. The number of sulfonamides is 1. The Labute approximate surface area is 204 Å². The molecular weight excluding hydrogens is 470 g/mol. The minimum absolute atomic E-state index is 0.0251. The van der Waals surface area contributed by atoms with Gasteiger partial charge in [0.2, 0.25) is 0 Å². The summed E-state index contributed by atoms with van der Waals surface area (Å²) >= 11 is 0. The topological polar surface area (TPSA) is 138 Å². The summed E-state index contributed by atoms with van der Waals surface area (Å²) in [7, 11) is -3.99. The molecule has 2 heterocycles. The van der Waals surface area contributed by atoms with Crippen LogP contribution < -0.4 is 15.4 Å². The number of nitrogens with one attached hydrogen (secondary N) is 3. The van der Waals surface area contributed by atoms with Crippen molar-refractivity contribution in [2.24, 2.45) is 11.8 Å². The number of urea groups is 2. The van der Waals surface area contributed by atoms with Crippen molar-refractivity contribution in [1.29, 1.82) is 0 Å². The summed E-state index contributed by atoms with van der Waals surface area (Å²) in [5, 5.41) is 5.36. The first-order valence-corrected chi connectivity index (χ1v) is 13.1. The molecule has 2 aliphatic rings. The lowest BCUT2D eigenvalue weighted by Crippen LogP contribution is -2.41. The Hall–Kier alpha value is -3.47. The molecule has 0 bridgehead atoms. The standard InChI is InChI=1S/C24H29N5O5S/c1-16-4-5-18(13-16)14-27-23(31)28-35(33,34)20-8-6-17(7-9-20)10-12-26-24(32)29-15-19-3-2-11-25-21(19)22(29)30/h2-3,6-9,11,16,18H,4-5,10,12-15H2,1H3,(H,26,32)(H2,27,28,31). The smallest absolute Gasteiger partial charge is 0.328 e. The van der Waals surface area contributed by atoms with Gasteiger partial charge in [0.25, 0.3) is 15.9 Å². The molecule has 2 aromatic rings. The third-order valence-corrected chi connectivity index (χ3v) is 7.76. The van der Waals surface area contributed by atoms with E-state index in [2.05, 4.69) is 27.3 Å². The highest BCUT2D eigenvalue weighted by Gasteiger charge is 2.32. The average molecular weight is 500 g/mol. The second kappa shape index (κ2) is 10.4. The molecule has 1 aliphatic carbocycles. The summed E-state index contributed by atoms with van der Waals surface area (Å²) < 4.78 is 27.1. The number of nitrogens with zero attached hydrogens (tertiary/aromatic N) is 2. The number of imide groups is 1. The Kier molecular flexibility index (Phi) is 7.34. The predicted octanol–water partition coefficient (Wildman–Crippen LogP) is 2.41. The third kappa shape index (κ3) is 5.97. The van der Waals surface area contributed by atoms with Crippen LogP contribution in [0.5, 0.6) is 0 Å². The summed E-state index contributed by atoms with van der Waals surface area (Å²) in [5.41, 5.74) is 1.79. The van der Waals surface area contributed by atoms with Crippen molar-refractivity contribution in [2.75, 3.05) is 13.1 Å². The molecule has 186 valence electrons. The quantitative estimate of drug-likeness (QED) is 0.535. The Morgan fingerprint density at radius 2 is 1.89 bits per heavy atom. The van der Waals surface area contributed by atoms with E-state index in [1.165, 1.54) is 18.3 Å². The van der Waals surface area contributed by atoms with Crippen LogP contribution in [0.1, 0.15) is 47.8 Å². The number of hydrogen-bond donors (Lipinski definition) is 3. The molecule has 10 nitrogen and oxygen atoms in total. The van der Waals surface area contributed by atoms with Crippen molar-refractivity contribution in [3.8, 4) is 0 Å². The van der Waals surface area contributed by atoms with Crippen LogP contribution in [0.3, 0.4) is 0 Å². The largest absolute Gasteiger partial charge is 0.337 e. The number of carbonyl (C=O) groups excluding carboxylic acids is 3. The number of fused-ring (bicyclic) bond motifs is 1. The lowest BCUT2D eigenvalue weighted by Gasteiger charge is -2.14. The summed E-state index contributed by atoms with van der Waals surface area (Å²) in [5.74, 6) is 0.591. The molecule has 11 heteroatoms. The molecule has 0 saturated heterocycles. The van der Waals surface area contributed by atoms with Crippen LogP contribution in [0.15, 0.2) is 47.5 Å². The van der Waals surface area contributed by atoms with Crippen molar-refractivity contribution in [1.82, 2.24) is 25.2 Å². The molecule has 2 unspecified atom stereocenters. The zero-order valence-corrected chi connectivity index (χ0v) is 20.3. The summed E-state index contributed by atoms with van der Waals surface area (Å²) in [6, 6.07) is 8.32. The monoisotopic (exact) mass is 499 g/mol. The molecule has 1 aliphatic heterocycles. The van der Waals surface area contributed by atoms with E-state index in [0.717, 1.165) is 29.7 Å². The highest BCUT2D eigenvalue weighted by atomic mass is 32.2. The van der Waals surface area contributed by atoms with Gasteiger partial charge < -0.3 is 10.6 Å². The van der Waals surface area contributed by atoms with Crippen molar-refractivity contribution in [3.63, 3.8) is 0 Å². The van der Waals surface area contributed by atoms with E-state index in [1.807, 2.05) is 0 Å². The maximum atomic E-state index is 12.5. The fraction of sp³-hybridized carbons (Fsp3) is 0.417. The van der Waals surface area contributed by atoms with Gasteiger partial charge in [0, 0.05) is 24.8 Å².